The van der Waals surface area contributed by atoms with E-state index in [1.807, 2.05) is 11.0 Å². The lowest BCUT2D eigenvalue weighted by molar-refractivity contribution is -0.144. The Bertz CT molecular complexity index is 748. The predicted octanol–water partition coefficient (Wildman–Crippen LogP) is 3.71. The number of nitrogens with zero attached hydrogens (tertiary/aromatic N) is 4. The molecule has 1 aliphatic heterocycles. The Balaban J connectivity index is 1.62. The van der Waals surface area contributed by atoms with Crippen LogP contribution in [-0.4, -0.2) is 47.1 Å². The van der Waals surface area contributed by atoms with E-state index < -0.39 is 12.0 Å². The molecular weight excluding hydrogens is 329 g/mol. The van der Waals surface area contributed by atoms with Crippen LogP contribution in [0.15, 0.2) is 24.3 Å². The zero-order valence-electron chi connectivity index (χ0n) is 14.0. The fourth-order valence-corrected chi connectivity index (χ4v) is 4.00. The molecule has 7 heteroatoms. The van der Waals surface area contributed by atoms with Crippen molar-refractivity contribution in [1.29, 1.82) is 0 Å². The Hall–Kier alpha value is -1.89. The first-order valence-electron chi connectivity index (χ1n) is 8.85. The van der Waals surface area contributed by atoms with Gasteiger partial charge in [-0.05, 0) is 25.0 Å². The summed E-state index contributed by atoms with van der Waals surface area (Å²) >= 11 is 0. The number of benzene rings is 1. The van der Waals surface area contributed by atoms with E-state index in [1.165, 1.54) is 25.7 Å². The van der Waals surface area contributed by atoms with Gasteiger partial charge in [0.15, 0.2) is 0 Å². The maximum absolute atomic E-state index is 13.2. The molecule has 0 bridgehead atoms. The van der Waals surface area contributed by atoms with Crippen molar-refractivity contribution in [3.05, 3.63) is 30.1 Å². The summed E-state index contributed by atoms with van der Waals surface area (Å²) in [6, 6.07) is 7.59. The Morgan fingerprint density at radius 1 is 0.920 bits per heavy atom. The fourth-order valence-electron chi connectivity index (χ4n) is 4.00. The Kier molecular flexibility index (Phi) is 4.27. The molecule has 2 fully saturated rings. The van der Waals surface area contributed by atoms with Crippen molar-refractivity contribution in [1.82, 2.24) is 14.9 Å². The first-order chi connectivity index (χ1) is 12.0. The Morgan fingerprint density at radius 3 is 2.28 bits per heavy atom. The van der Waals surface area contributed by atoms with Crippen molar-refractivity contribution < 1.29 is 13.2 Å². The topological polar surface area (TPSA) is 32.3 Å². The second-order valence-corrected chi connectivity index (χ2v) is 6.85. The molecule has 1 saturated carbocycles. The van der Waals surface area contributed by atoms with Crippen LogP contribution in [0, 0.1) is 0 Å². The van der Waals surface area contributed by atoms with Crippen molar-refractivity contribution in [2.24, 2.45) is 0 Å². The van der Waals surface area contributed by atoms with Gasteiger partial charge in [0.25, 0.3) is 0 Å². The predicted molar refractivity (Wildman–Crippen MR) is 90.6 cm³/mol. The van der Waals surface area contributed by atoms with Gasteiger partial charge in [0.05, 0.1) is 5.52 Å². The summed E-state index contributed by atoms with van der Waals surface area (Å²) in [5.41, 5.74) is 0.345. The number of hydrogen-bond acceptors (Lipinski definition) is 4. The number of para-hydroxylation sites is 1. The monoisotopic (exact) mass is 350 g/mol. The number of piperazine rings is 1. The van der Waals surface area contributed by atoms with Crippen molar-refractivity contribution in [2.75, 3.05) is 31.1 Å². The first-order valence-corrected chi connectivity index (χ1v) is 8.85. The van der Waals surface area contributed by atoms with Gasteiger partial charge in [0.1, 0.15) is 5.82 Å². The van der Waals surface area contributed by atoms with Crippen molar-refractivity contribution in [3.63, 3.8) is 0 Å². The van der Waals surface area contributed by atoms with Crippen LogP contribution >= 0.6 is 0 Å². The van der Waals surface area contributed by atoms with Crippen LogP contribution in [0.3, 0.4) is 0 Å². The van der Waals surface area contributed by atoms with Gasteiger partial charge >= 0.3 is 6.18 Å². The largest absolute Gasteiger partial charge is 0.451 e. The van der Waals surface area contributed by atoms with E-state index in [-0.39, 0.29) is 0 Å². The van der Waals surface area contributed by atoms with Gasteiger partial charge in [-0.2, -0.15) is 13.2 Å². The van der Waals surface area contributed by atoms with Crippen LogP contribution in [0.5, 0.6) is 0 Å². The van der Waals surface area contributed by atoms with E-state index in [0.717, 1.165) is 13.1 Å². The van der Waals surface area contributed by atoms with Crippen LogP contribution in [-0.2, 0) is 6.18 Å². The van der Waals surface area contributed by atoms with Gasteiger partial charge in [0.2, 0.25) is 5.82 Å². The maximum atomic E-state index is 13.2. The van der Waals surface area contributed by atoms with Crippen LogP contribution in [0.25, 0.3) is 10.9 Å². The molecule has 2 aromatic rings. The molecule has 0 radical (unpaired) electrons. The van der Waals surface area contributed by atoms with Gasteiger partial charge in [-0.1, -0.05) is 25.0 Å². The molecule has 0 N–H and O–H groups in total. The molecule has 1 aromatic carbocycles. The third-order valence-corrected chi connectivity index (χ3v) is 5.29. The quantitative estimate of drug-likeness (QED) is 0.826. The highest BCUT2D eigenvalue weighted by Gasteiger charge is 2.36. The fraction of sp³-hybridized carbons (Fsp3) is 0.556. The smallest absolute Gasteiger partial charge is 0.353 e. The number of fused-ring (bicyclic) bond motifs is 1. The van der Waals surface area contributed by atoms with Gasteiger partial charge in [-0.15, -0.1) is 0 Å². The molecule has 0 unspecified atom stereocenters. The molecule has 2 heterocycles. The Morgan fingerprint density at radius 2 is 1.60 bits per heavy atom. The molecule has 134 valence electrons. The zero-order chi connectivity index (χ0) is 17.4. The molecule has 4 nitrogen and oxygen atoms in total. The summed E-state index contributed by atoms with van der Waals surface area (Å²) in [6.45, 7) is 3.16. The van der Waals surface area contributed by atoms with E-state index >= 15 is 0 Å². The van der Waals surface area contributed by atoms with Gasteiger partial charge in [0, 0.05) is 37.6 Å². The van der Waals surface area contributed by atoms with E-state index in [1.54, 1.807) is 18.2 Å². The number of rotatable bonds is 2. The normalized spacial score (nSPS) is 20.5. The second kappa shape index (κ2) is 6.44. The van der Waals surface area contributed by atoms with Crippen molar-refractivity contribution in [3.8, 4) is 0 Å². The second-order valence-electron chi connectivity index (χ2n) is 6.85. The summed E-state index contributed by atoms with van der Waals surface area (Å²) in [4.78, 5) is 12.1. The van der Waals surface area contributed by atoms with Gasteiger partial charge < -0.3 is 4.90 Å². The number of hydrogen-bond donors (Lipinski definition) is 0. The van der Waals surface area contributed by atoms with Gasteiger partial charge in [-0.25, -0.2) is 9.97 Å². The molecule has 2 aliphatic rings. The molecule has 1 aliphatic carbocycles. The van der Waals surface area contributed by atoms with E-state index in [2.05, 4.69) is 14.9 Å². The third kappa shape index (κ3) is 3.29. The highest BCUT2D eigenvalue weighted by molar-refractivity contribution is 5.89. The first kappa shape index (κ1) is 16.6. The van der Waals surface area contributed by atoms with E-state index in [4.69, 9.17) is 0 Å². The molecular formula is C18H21F3N4. The summed E-state index contributed by atoms with van der Waals surface area (Å²) < 4.78 is 39.5. The molecule has 25 heavy (non-hydrogen) atoms. The molecule has 1 saturated heterocycles. The highest BCUT2D eigenvalue weighted by Crippen LogP contribution is 2.32. The van der Waals surface area contributed by atoms with Crippen LogP contribution < -0.4 is 4.90 Å². The van der Waals surface area contributed by atoms with Crippen molar-refractivity contribution in [2.45, 2.75) is 37.9 Å². The lowest BCUT2D eigenvalue weighted by Crippen LogP contribution is -2.50. The van der Waals surface area contributed by atoms with Gasteiger partial charge in [-0.3, -0.25) is 4.90 Å². The minimum Gasteiger partial charge on any atom is -0.353 e. The average molecular weight is 350 g/mol. The molecule has 0 spiro atoms. The molecule has 4 rings (SSSR count). The summed E-state index contributed by atoms with van der Waals surface area (Å²) in [5.74, 6) is -0.650. The minimum absolute atomic E-state index is 0.345. The number of aromatic nitrogens is 2. The highest BCUT2D eigenvalue weighted by atomic mass is 19.4. The lowest BCUT2D eigenvalue weighted by Gasteiger charge is -2.39. The number of halogens is 3. The molecule has 0 atom stereocenters. The average Bonchev–Trinajstić information content (AvgIpc) is 3.15. The molecule has 0 amide bonds. The Labute approximate surface area is 144 Å². The summed E-state index contributed by atoms with van der Waals surface area (Å²) in [5, 5.41) is 0.685. The number of anilines is 1. The standard InChI is InChI=1S/C18H21F3N4/c19-18(20,21)17-22-15-8-4-3-7-14(15)16(23-17)25-11-9-24(10-12-25)13-5-1-2-6-13/h3-4,7-8,13H,1-2,5-6,9-12H2. The van der Waals surface area contributed by atoms with Crippen LogP contribution in [0.1, 0.15) is 31.5 Å². The zero-order valence-corrected chi connectivity index (χ0v) is 14.0. The van der Waals surface area contributed by atoms with E-state index in [9.17, 15) is 13.2 Å². The lowest BCUT2D eigenvalue weighted by atomic mass is 10.1. The maximum Gasteiger partial charge on any atom is 0.451 e. The summed E-state index contributed by atoms with van der Waals surface area (Å²) in [6.07, 6.45) is 0.528. The third-order valence-electron chi connectivity index (χ3n) is 5.29. The van der Waals surface area contributed by atoms with Crippen molar-refractivity contribution >= 4 is 16.7 Å². The van der Waals surface area contributed by atoms with Crippen LogP contribution in [0.2, 0.25) is 0 Å². The number of alkyl halides is 3. The van der Waals surface area contributed by atoms with E-state index in [0.29, 0.717) is 35.9 Å². The summed E-state index contributed by atoms with van der Waals surface area (Å²) in [7, 11) is 0. The van der Waals surface area contributed by atoms with Crippen LogP contribution in [0.4, 0.5) is 19.0 Å². The SMILES string of the molecule is FC(F)(F)c1nc(N2CCN(C3CCCC3)CC2)c2ccccc2n1. The minimum atomic E-state index is -4.54. The molecule has 1 aromatic heterocycles.